The maximum Gasteiger partial charge on any atom is 0.181 e. The quantitative estimate of drug-likeness (QED) is 0.628. The first kappa shape index (κ1) is 6.68. The molecule has 0 aliphatic rings. The Bertz CT molecular complexity index is 364. The molecule has 0 atom stereocenters. The van der Waals surface area contributed by atoms with Gasteiger partial charge in [0.25, 0.3) is 0 Å². The SMILES string of the molecule is COc1s[c]c2ccccc12. The summed E-state index contributed by atoms with van der Waals surface area (Å²) in [6, 6.07) is 8.09. The van der Waals surface area contributed by atoms with Crippen molar-refractivity contribution >= 4 is 22.1 Å². The Morgan fingerprint density at radius 2 is 2.18 bits per heavy atom. The van der Waals surface area contributed by atoms with Crippen molar-refractivity contribution in [3.05, 3.63) is 29.6 Å². The molecule has 0 amide bonds. The third-order valence-corrected chi connectivity index (χ3v) is 2.48. The Hall–Kier alpha value is -1.02. The molecule has 0 saturated carbocycles. The van der Waals surface area contributed by atoms with Crippen LogP contribution >= 0.6 is 11.3 Å². The Balaban J connectivity index is 2.76. The van der Waals surface area contributed by atoms with Crippen molar-refractivity contribution in [3.63, 3.8) is 0 Å². The van der Waals surface area contributed by atoms with E-state index in [4.69, 9.17) is 4.74 Å². The van der Waals surface area contributed by atoms with E-state index in [0.717, 1.165) is 15.8 Å². The highest BCUT2D eigenvalue weighted by Crippen LogP contribution is 2.31. The fourth-order valence-electron chi connectivity index (χ4n) is 1.06. The maximum absolute atomic E-state index is 5.15. The van der Waals surface area contributed by atoms with Crippen LogP contribution in [0.25, 0.3) is 10.8 Å². The number of hydrogen-bond donors (Lipinski definition) is 0. The van der Waals surface area contributed by atoms with Gasteiger partial charge in [-0.3, -0.25) is 0 Å². The molecular weight excluding hydrogens is 156 g/mol. The minimum Gasteiger partial charge on any atom is -0.487 e. The maximum atomic E-state index is 5.15. The van der Waals surface area contributed by atoms with Gasteiger partial charge in [0, 0.05) is 10.8 Å². The van der Waals surface area contributed by atoms with Crippen LogP contribution in [0.2, 0.25) is 0 Å². The van der Waals surface area contributed by atoms with Gasteiger partial charge in [0.2, 0.25) is 0 Å². The van der Waals surface area contributed by atoms with Gasteiger partial charge in [0.1, 0.15) is 0 Å². The first-order valence-electron chi connectivity index (χ1n) is 3.35. The lowest BCUT2D eigenvalue weighted by Gasteiger charge is -1.93. The van der Waals surface area contributed by atoms with Gasteiger partial charge in [-0.05, 0) is 6.07 Å². The molecule has 55 valence electrons. The summed E-state index contributed by atoms with van der Waals surface area (Å²) in [6.07, 6.45) is 0. The van der Waals surface area contributed by atoms with Gasteiger partial charge >= 0.3 is 0 Å². The van der Waals surface area contributed by atoms with Gasteiger partial charge in [-0.25, -0.2) is 0 Å². The Morgan fingerprint density at radius 3 is 3.00 bits per heavy atom. The summed E-state index contributed by atoms with van der Waals surface area (Å²) in [7, 11) is 1.69. The van der Waals surface area contributed by atoms with Crippen molar-refractivity contribution in [3.8, 4) is 5.06 Å². The summed E-state index contributed by atoms with van der Waals surface area (Å²) in [4.78, 5) is 0. The number of ether oxygens (including phenoxy) is 1. The van der Waals surface area contributed by atoms with E-state index in [1.807, 2.05) is 24.3 Å². The normalized spacial score (nSPS) is 10.3. The summed E-state index contributed by atoms with van der Waals surface area (Å²) in [6.45, 7) is 0. The average Bonchev–Trinajstić information content (AvgIpc) is 2.47. The summed E-state index contributed by atoms with van der Waals surface area (Å²) in [5, 5.41) is 6.39. The van der Waals surface area contributed by atoms with Crippen LogP contribution in [0.5, 0.6) is 5.06 Å². The Labute approximate surface area is 69.2 Å². The highest BCUT2D eigenvalue weighted by molar-refractivity contribution is 7.13. The number of methoxy groups -OCH3 is 1. The van der Waals surface area contributed by atoms with Crippen LogP contribution in [0.3, 0.4) is 0 Å². The molecule has 1 heterocycles. The standard InChI is InChI=1S/C9H7OS/c1-10-9-8-5-3-2-4-7(8)6-11-9/h2-5H,1H3. The van der Waals surface area contributed by atoms with Crippen molar-refractivity contribution in [2.45, 2.75) is 0 Å². The zero-order valence-corrected chi connectivity index (χ0v) is 6.94. The molecule has 1 aromatic carbocycles. The first-order chi connectivity index (χ1) is 5.42. The summed E-state index contributed by atoms with van der Waals surface area (Å²) >= 11 is 1.52. The van der Waals surface area contributed by atoms with Gasteiger partial charge in [0.15, 0.2) is 5.06 Å². The third kappa shape index (κ3) is 0.994. The zero-order chi connectivity index (χ0) is 7.68. The van der Waals surface area contributed by atoms with E-state index in [2.05, 4.69) is 5.38 Å². The predicted octanol–water partition coefficient (Wildman–Crippen LogP) is 2.71. The van der Waals surface area contributed by atoms with Crippen LogP contribution in [-0.2, 0) is 0 Å². The molecule has 2 heteroatoms. The third-order valence-electron chi connectivity index (χ3n) is 1.59. The van der Waals surface area contributed by atoms with E-state index >= 15 is 0 Å². The zero-order valence-electron chi connectivity index (χ0n) is 6.13. The lowest BCUT2D eigenvalue weighted by molar-refractivity contribution is 0.431. The van der Waals surface area contributed by atoms with Gasteiger partial charge in [-0.1, -0.05) is 29.5 Å². The van der Waals surface area contributed by atoms with Crippen LogP contribution in [0, 0.1) is 5.38 Å². The van der Waals surface area contributed by atoms with Crippen molar-refractivity contribution in [2.24, 2.45) is 0 Å². The fourth-order valence-corrected chi connectivity index (χ4v) is 1.81. The molecule has 0 spiro atoms. The van der Waals surface area contributed by atoms with Gasteiger partial charge in [-0.15, -0.1) is 0 Å². The van der Waals surface area contributed by atoms with E-state index in [0.29, 0.717) is 0 Å². The van der Waals surface area contributed by atoms with Gasteiger partial charge in [-0.2, -0.15) is 0 Å². The van der Waals surface area contributed by atoms with Crippen LogP contribution in [0.1, 0.15) is 0 Å². The minimum atomic E-state index is 0.945. The van der Waals surface area contributed by atoms with Crippen molar-refractivity contribution in [1.82, 2.24) is 0 Å². The fraction of sp³-hybridized carbons (Fsp3) is 0.111. The monoisotopic (exact) mass is 163 g/mol. The van der Waals surface area contributed by atoms with Crippen LogP contribution < -0.4 is 4.74 Å². The summed E-state index contributed by atoms with van der Waals surface area (Å²) in [5.74, 6) is 0. The average molecular weight is 163 g/mol. The topological polar surface area (TPSA) is 9.23 Å². The van der Waals surface area contributed by atoms with Crippen molar-refractivity contribution < 1.29 is 4.74 Å². The number of thiophene rings is 1. The molecule has 0 fully saturated rings. The second-order valence-corrected chi connectivity index (χ2v) is 3.02. The van der Waals surface area contributed by atoms with E-state index in [-0.39, 0.29) is 0 Å². The number of fused-ring (bicyclic) bond motifs is 1. The number of benzene rings is 1. The molecular formula is C9H7OS. The molecule has 0 bridgehead atoms. The molecule has 1 nitrogen and oxygen atoms in total. The van der Waals surface area contributed by atoms with Crippen LogP contribution in [-0.4, -0.2) is 7.11 Å². The molecule has 2 aromatic rings. The molecule has 0 aliphatic carbocycles. The molecule has 0 aliphatic heterocycles. The molecule has 1 radical (unpaired) electrons. The lowest BCUT2D eigenvalue weighted by Crippen LogP contribution is -1.76. The second-order valence-electron chi connectivity index (χ2n) is 2.24. The minimum absolute atomic E-state index is 0.945. The van der Waals surface area contributed by atoms with Gasteiger partial charge < -0.3 is 4.74 Å². The van der Waals surface area contributed by atoms with Crippen LogP contribution in [0.4, 0.5) is 0 Å². The Kier molecular flexibility index (Phi) is 1.55. The smallest absolute Gasteiger partial charge is 0.181 e. The molecule has 2 rings (SSSR count). The summed E-state index contributed by atoms with van der Waals surface area (Å²) in [5.41, 5.74) is 0. The van der Waals surface area contributed by atoms with E-state index < -0.39 is 0 Å². The highest BCUT2D eigenvalue weighted by Gasteiger charge is 2.01. The molecule has 11 heavy (non-hydrogen) atoms. The largest absolute Gasteiger partial charge is 0.487 e. The molecule has 0 saturated heterocycles. The molecule has 0 N–H and O–H groups in total. The van der Waals surface area contributed by atoms with Gasteiger partial charge in [0.05, 0.1) is 12.5 Å². The van der Waals surface area contributed by atoms with E-state index in [1.165, 1.54) is 11.3 Å². The number of rotatable bonds is 1. The first-order valence-corrected chi connectivity index (χ1v) is 4.16. The van der Waals surface area contributed by atoms with E-state index in [9.17, 15) is 0 Å². The molecule has 1 aromatic heterocycles. The highest BCUT2D eigenvalue weighted by atomic mass is 32.1. The van der Waals surface area contributed by atoms with Crippen molar-refractivity contribution in [1.29, 1.82) is 0 Å². The van der Waals surface area contributed by atoms with E-state index in [1.54, 1.807) is 7.11 Å². The molecule has 0 unspecified atom stereocenters. The second kappa shape index (κ2) is 2.55. The lowest BCUT2D eigenvalue weighted by atomic mass is 10.2. The summed E-state index contributed by atoms with van der Waals surface area (Å²) < 4.78 is 5.15. The Morgan fingerprint density at radius 1 is 1.36 bits per heavy atom. The van der Waals surface area contributed by atoms with Crippen molar-refractivity contribution in [2.75, 3.05) is 7.11 Å². The predicted molar refractivity (Wildman–Crippen MR) is 47.2 cm³/mol. The van der Waals surface area contributed by atoms with Crippen LogP contribution in [0.15, 0.2) is 24.3 Å². The number of hydrogen-bond acceptors (Lipinski definition) is 2.